The van der Waals surface area contributed by atoms with Crippen LogP contribution in [0.2, 0.25) is 5.02 Å². The van der Waals surface area contributed by atoms with Gasteiger partial charge in [-0.3, -0.25) is 5.01 Å². The van der Waals surface area contributed by atoms with Gasteiger partial charge in [0.25, 0.3) is 0 Å². The van der Waals surface area contributed by atoms with E-state index in [4.69, 9.17) is 26.2 Å². The molecule has 134 valence electrons. The number of methoxy groups -OCH3 is 1. The molecule has 0 bridgehead atoms. The fraction of sp³-hybridized carbons (Fsp3) is 0.263. The van der Waals surface area contributed by atoms with E-state index in [1.54, 1.807) is 12.1 Å². The van der Waals surface area contributed by atoms with Crippen LogP contribution in [0, 0.1) is 5.92 Å². The summed E-state index contributed by atoms with van der Waals surface area (Å²) in [5, 5.41) is 7.45. The van der Waals surface area contributed by atoms with Crippen LogP contribution in [-0.4, -0.2) is 38.5 Å². The molecule has 1 unspecified atom stereocenters. The molecule has 2 aromatic carbocycles. The van der Waals surface area contributed by atoms with Crippen molar-refractivity contribution in [2.45, 2.75) is 0 Å². The van der Waals surface area contributed by atoms with Crippen molar-refractivity contribution in [3.8, 4) is 11.5 Å². The van der Waals surface area contributed by atoms with Gasteiger partial charge in [-0.1, -0.05) is 11.6 Å². The summed E-state index contributed by atoms with van der Waals surface area (Å²) in [5.41, 5.74) is 2.94. The second kappa shape index (κ2) is 6.88. The number of anilines is 1. The molecule has 2 aromatic rings. The lowest BCUT2D eigenvalue weighted by molar-refractivity contribution is -0.142. The van der Waals surface area contributed by atoms with Crippen molar-refractivity contribution in [1.29, 1.82) is 0 Å². The molecule has 0 saturated carbocycles. The number of hydrogen-bond donors (Lipinski definition) is 0. The average Bonchev–Trinajstić information content (AvgIpc) is 3.11. The van der Waals surface area contributed by atoms with Crippen molar-refractivity contribution in [2.24, 2.45) is 11.0 Å². The number of nitrogens with zero attached hydrogens (tertiary/aromatic N) is 2. The Morgan fingerprint density at radius 2 is 2.12 bits per heavy atom. The number of carbonyl (C=O) groups excluding carboxylic acids is 1. The minimum atomic E-state index is -0.428. The van der Waals surface area contributed by atoms with Crippen LogP contribution in [0.4, 0.5) is 5.69 Å². The first-order valence-electron chi connectivity index (χ1n) is 8.22. The van der Waals surface area contributed by atoms with E-state index < -0.39 is 5.97 Å². The smallest absolute Gasteiger partial charge is 0.343 e. The van der Waals surface area contributed by atoms with Gasteiger partial charge in [0.2, 0.25) is 0 Å². The number of carbonyl (C=O) groups is 1. The van der Waals surface area contributed by atoms with Gasteiger partial charge in [0.05, 0.1) is 37.6 Å². The van der Waals surface area contributed by atoms with Gasteiger partial charge in [-0.05, 0) is 36.4 Å². The summed E-state index contributed by atoms with van der Waals surface area (Å²) in [6.45, 7) is 1.18. The molecule has 0 aromatic heterocycles. The Morgan fingerprint density at radius 1 is 1.31 bits per heavy atom. The molecule has 0 fully saturated rings. The van der Waals surface area contributed by atoms with E-state index in [0.717, 1.165) is 23.5 Å². The van der Waals surface area contributed by atoms with Crippen molar-refractivity contribution < 1.29 is 19.0 Å². The molecule has 0 saturated heterocycles. The van der Waals surface area contributed by atoms with E-state index >= 15 is 0 Å². The highest BCUT2D eigenvalue weighted by Crippen LogP contribution is 2.36. The third kappa shape index (κ3) is 3.20. The molecule has 6 nitrogen and oxygen atoms in total. The molecule has 1 atom stereocenters. The molecule has 0 radical (unpaired) electrons. The van der Waals surface area contributed by atoms with Crippen LogP contribution in [0.25, 0.3) is 0 Å². The zero-order valence-electron chi connectivity index (χ0n) is 14.1. The number of hydrogen-bond acceptors (Lipinski definition) is 6. The van der Waals surface area contributed by atoms with E-state index in [1.165, 1.54) is 7.11 Å². The molecule has 4 rings (SSSR count). The summed E-state index contributed by atoms with van der Waals surface area (Å²) < 4.78 is 15.9. The zero-order valence-corrected chi connectivity index (χ0v) is 14.9. The number of benzene rings is 2. The maximum atomic E-state index is 11.2. The molecule has 0 amide bonds. The maximum absolute atomic E-state index is 11.2. The second-order valence-corrected chi connectivity index (χ2v) is 6.51. The van der Waals surface area contributed by atoms with E-state index in [-0.39, 0.29) is 12.5 Å². The average molecular weight is 373 g/mol. The summed E-state index contributed by atoms with van der Waals surface area (Å²) in [6, 6.07) is 13.1. The Morgan fingerprint density at radius 3 is 2.88 bits per heavy atom. The molecule has 0 N–H and O–H groups in total. The Bertz CT molecular complexity index is 866. The Hall–Kier alpha value is -2.73. The van der Waals surface area contributed by atoms with E-state index in [0.29, 0.717) is 23.1 Å². The number of rotatable bonds is 4. The molecule has 2 heterocycles. The third-order valence-corrected chi connectivity index (χ3v) is 4.64. The van der Waals surface area contributed by atoms with Crippen molar-refractivity contribution in [2.75, 3.05) is 31.9 Å². The highest BCUT2D eigenvalue weighted by Gasteiger charge is 2.34. The first-order valence-corrected chi connectivity index (χ1v) is 8.60. The van der Waals surface area contributed by atoms with E-state index in [1.807, 2.05) is 35.3 Å². The lowest BCUT2D eigenvalue weighted by Crippen LogP contribution is -2.29. The van der Waals surface area contributed by atoms with E-state index in [2.05, 4.69) is 4.74 Å². The largest absolute Gasteiger partial charge is 0.492 e. The quantitative estimate of drug-likeness (QED) is 0.772. The minimum Gasteiger partial charge on any atom is -0.492 e. The van der Waals surface area contributed by atoms with Gasteiger partial charge in [-0.15, -0.1) is 0 Å². The zero-order chi connectivity index (χ0) is 18.1. The van der Waals surface area contributed by atoms with Crippen molar-refractivity contribution in [3.05, 3.63) is 53.1 Å². The fourth-order valence-electron chi connectivity index (χ4n) is 3.04. The van der Waals surface area contributed by atoms with Gasteiger partial charge in [0.15, 0.2) is 6.61 Å². The van der Waals surface area contributed by atoms with Crippen molar-refractivity contribution in [1.82, 2.24) is 0 Å². The molecule has 26 heavy (non-hydrogen) atoms. The SMILES string of the molecule is COC(=O)COc1ccc2c(c1)OCC1CN(c3ccc(Cl)cc3)N=C21. The van der Waals surface area contributed by atoms with Gasteiger partial charge >= 0.3 is 5.97 Å². The molecule has 0 aliphatic carbocycles. The minimum absolute atomic E-state index is 0.136. The molecule has 2 aliphatic heterocycles. The van der Waals surface area contributed by atoms with Gasteiger partial charge in [0, 0.05) is 16.7 Å². The number of halogens is 1. The van der Waals surface area contributed by atoms with Gasteiger partial charge in [0.1, 0.15) is 11.5 Å². The van der Waals surface area contributed by atoms with E-state index in [9.17, 15) is 4.79 Å². The van der Waals surface area contributed by atoms with Crippen LogP contribution in [0.15, 0.2) is 47.6 Å². The normalized spacial score (nSPS) is 17.7. The number of hydrazone groups is 1. The number of ether oxygens (including phenoxy) is 3. The molecule has 0 spiro atoms. The highest BCUT2D eigenvalue weighted by atomic mass is 35.5. The maximum Gasteiger partial charge on any atom is 0.343 e. The van der Waals surface area contributed by atoms with Crippen molar-refractivity contribution >= 4 is 29.0 Å². The highest BCUT2D eigenvalue weighted by molar-refractivity contribution is 6.30. The second-order valence-electron chi connectivity index (χ2n) is 6.07. The summed E-state index contributed by atoms with van der Waals surface area (Å²) in [7, 11) is 1.33. The first-order chi connectivity index (χ1) is 12.6. The summed E-state index contributed by atoms with van der Waals surface area (Å²) in [6.07, 6.45) is 0. The number of fused-ring (bicyclic) bond motifs is 3. The molecule has 7 heteroatoms. The summed E-state index contributed by atoms with van der Waals surface area (Å²) >= 11 is 5.96. The van der Waals surface area contributed by atoms with Gasteiger partial charge < -0.3 is 14.2 Å². The van der Waals surface area contributed by atoms with Gasteiger partial charge in [-0.2, -0.15) is 5.10 Å². The van der Waals surface area contributed by atoms with Crippen LogP contribution >= 0.6 is 11.6 Å². The lowest BCUT2D eigenvalue weighted by atomic mass is 9.95. The monoisotopic (exact) mass is 372 g/mol. The Balaban J connectivity index is 1.56. The topological polar surface area (TPSA) is 60.4 Å². The standard InChI is InChI=1S/C19H17ClN2O4/c1-24-18(23)11-25-15-6-7-16-17(8-15)26-10-12-9-22(21-19(12)16)14-4-2-13(20)3-5-14/h2-8,12H,9-11H2,1H3. The number of esters is 1. The third-order valence-electron chi connectivity index (χ3n) is 4.39. The molecular weight excluding hydrogens is 356 g/mol. The predicted octanol–water partition coefficient (Wildman–Crippen LogP) is 3.12. The molecular formula is C19H17ClN2O4. The van der Waals surface area contributed by atoms with Crippen LogP contribution in [0.1, 0.15) is 5.56 Å². The Labute approximate surface area is 155 Å². The predicted molar refractivity (Wildman–Crippen MR) is 98.3 cm³/mol. The first kappa shape index (κ1) is 16.7. The van der Waals surface area contributed by atoms with Crippen molar-refractivity contribution in [3.63, 3.8) is 0 Å². The van der Waals surface area contributed by atoms with Crippen LogP contribution < -0.4 is 14.5 Å². The van der Waals surface area contributed by atoms with Crippen LogP contribution in [0.5, 0.6) is 11.5 Å². The summed E-state index contributed by atoms with van der Waals surface area (Å²) in [5.74, 6) is 1.04. The summed E-state index contributed by atoms with van der Waals surface area (Å²) in [4.78, 5) is 11.2. The fourth-order valence-corrected chi connectivity index (χ4v) is 3.17. The molecule has 2 aliphatic rings. The van der Waals surface area contributed by atoms with Gasteiger partial charge in [-0.25, -0.2) is 4.79 Å². The lowest BCUT2D eigenvalue weighted by Gasteiger charge is -2.23. The Kier molecular flexibility index (Phi) is 4.42. The van der Waals surface area contributed by atoms with Crippen LogP contribution in [0.3, 0.4) is 0 Å². The van der Waals surface area contributed by atoms with Crippen LogP contribution in [-0.2, 0) is 9.53 Å².